The quantitative estimate of drug-likeness (QED) is 0.594. The van der Waals surface area contributed by atoms with Crippen LogP contribution in [0.15, 0.2) is 0 Å². The third-order valence-electron chi connectivity index (χ3n) is 4.70. The number of halogens is 1. The molecule has 3 unspecified atom stereocenters. The first kappa shape index (κ1) is 9.51. The normalized spacial score (nSPS) is 46.8. The van der Waals surface area contributed by atoms with Gasteiger partial charge < -0.3 is 0 Å². The van der Waals surface area contributed by atoms with Crippen LogP contribution in [-0.2, 0) is 4.79 Å². The van der Waals surface area contributed by atoms with Gasteiger partial charge in [-0.05, 0) is 48.1 Å². The molecule has 2 bridgehead atoms. The summed E-state index contributed by atoms with van der Waals surface area (Å²) in [5.41, 5.74) is 0.108. The van der Waals surface area contributed by atoms with Gasteiger partial charge in [-0.2, -0.15) is 0 Å². The third-order valence-corrected chi connectivity index (χ3v) is 5.13. The monoisotopic (exact) mass is 200 g/mol. The fourth-order valence-electron chi connectivity index (χ4n) is 3.47. The van der Waals surface area contributed by atoms with Crippen LogP contribution in [0.5, 0.6) is 0 Å². The van der Waals surface area contributed by atoms with Crippen molar-refractivity contribution in [3.63, 3.8) is 0 Å². The number of hydrogen-bond acceptors (Lipinski definition) is 1. The highest BCUT2D eigenvalue weighted by Gasteiger charge is 2.61. The SMILES string of the molecule is CC1(C(=O)Cl)CCC2CC1C2(C)C. The van der Waals surface area contributed by atoms with E-state index in [1.165, 1.54) is 12.8 Å². The van der Waals surface area contributed by atoms with Crippen LogP contribution in [0.3, 0.4) is 0 Å². The average molecular weight is 201 g/mol. The van der Waals surface area contributed by atoms with Gasteiger partial charge in [0, 0.05) is 5.41 Å². The molecular formula is C11H17ClO. The van der Waals surface area contributed by atoms with Crippen molar-refractivity contribution in [1.82, 2.24) is 0 Å². The smallest absolute Gasteiger partial charge is 0.227 e. The molecule has 3 saturated carbocycles. The van der Waals surface area contributed by atoms with Gasteiger partial charge in [0.05, 0.1) is 0 Å². The molecule has 0 N–H and O–H groups in total. The summed E-state index contributed by atoms with van der Waals surface area (Å²) in [6.45, 7) is 6.61. The van der Waals surface area contributed by atoms with Crippen molar-refractivity contribution in [1.29, 1.82) is 0 Å². The van der Waals surface area contributed by atoms with Crippen LogP contribution in [0.4, 0.5) is 0 Å². The first-order valence-electron chi connectivity index (χ1n) is 5.09. The first-order valence-corrected chi connectivity index (χ1v) is 5.47. The summed E-state index contributed by atoms with van der Waals surface area (Å²) in [5, 5.41) is -0.122. The Morgan fingerprint density at radius 1 is 1.38 bits per heavy atom. The van der Waals surface area contributed by atoms with Crippen molar-refractivity contribution in [3.8, 4) is 0 Å². The van der Waals surface area contributed by atoms with Crippen molar-refractivity contribution in [2.75, 3.05) is 0 Å². The number of carbonyl (C=O) groups is 1. The minimum absolute atomic E-state index is 0.122. The van der Waals surface area contributed by atoms with Crippen LogP contribution in [-0.4, -0.2) is 5.24 Å². The molecule has 0 aromatic heterocycles. The molecule has 2 heteroatoms. The van der Waals surface area contributed by atoms with Gasteiger partial charge in [0.1, 0.15) is 0 Å². The second-order valence-electron chi connectivity index (χ2n) is 5.54. The highest BCUT2D eigenvalue weighted by Crippen LogP contribution is 2.66. The van der Waals surface area contributed by atoms with E-state index in [0.717, 1.165) is 12.3 Å². The maximum Gasteiger partial charge on any atom is 0.227 e. The van der Waals surface area contributed by atoms with E-state index in [2.05, 4.69) is 13.8 Å². The zero-order valence-corrected chi connectivity index (χ0v) is 9.32. The summed E-state index contributed by atoms with van der Waals surface area (Å²) < 4.78 is 0. The summed E-state index contributed by atoms with van der Waals surface area (Å²) in [6, 6.07) is 0. The van der Waals surface area contributed by atoms with Crippen LogP contribution < -0.4 is 0 Å². The van der Waals surface area contributed by atoms with E-state index >= 15 is 0 Å². The summed E-state index contributed by atoms with van der Waals surface area (Å²) in [6.07, 6.45) is 3.38. The van der Waals surface area contributed by atoms with Gasteiger partial charge in [-0.25, -0.2) is 0 Å². The lowest BCUT2D eigenvalue weighted by Gasteiger charge is -2.63. The maximum absolute atomic E-state index is 11.4. The van der Waals surface area contributed by atoms with E-state index in [1.54, 1.807) is 0 Å². The number of carbonyl (C=O) groups excluding carboxylic acids is 1. The second kappa shape index (κ2) is 2.50. The standard InChI is InChI=1S/C11H17ClO/c1-10(2)7-4-5-11(3,9(12)13)8(10)6-7/h7-8H,4-6H2,1-3H3. The van der Waals surface area contributed by atoms with Gasteiger partial charge in [0.15, 0.2) is 0 Å². The Morgan fingerprint density at radius 2 is 2.00 bits per heavy atom. The van der Waals surface area contributed by atoms with Gasteiger partial charge >= 0.3 is 0 Å². The number of hydrogen-bond donors (Lipinski definition) is 0. The van der Waals surface area contributed by atoms with Gasteiger partial charge in [-0.15, -0.1) is 0 Å². The summed E-state index contributed by atoms with van der Waals surface area (Å²) >= 11 is 5.71. The van der Waals surface area contributed by atoms with Crippen molar-refractivity contribution in [2.24, 2.45) is 22.7 Å². The minimum atomic E-state index is -0.236. The number of rotatable bonds is 1. The minimum Gasteiger partial charge on any atom is -0.281 e. The Balaban J connectivity index is 2.29. The van der Waals surface area contributed by atoms with Crippen molar-refractivity contribution in [2.45, 2.75) is 40.0 Å². The van der Waals surface area contributed by atoms with Crippen molar-refractivity contribution < 1.29 is 4.79 Å². The molecule has 74 valence electrons. The molecule has 0 amide bonds. The van der Waals surface area contributed by atoms with Gasteiger partial charge in [-0.1, -0.05) is 20.8 Å². The molecule has 0 aliphatic heterocycles. The Kier molecular flexibility index (Phi) is 1.83. The zero-order chi connectivity index (χ0) is 9.85. The van der Waals surface area contributed by atoms with Gasteiger partial charge in [0.2, 0.25) is 5.24 Å². The highest BCUT2D eigenvalue weighted by atomic mass is 35.5. The van der Waals surface area contributed by atoms with Crippen molar-refractivity contribution in [3.05, 3.63) is 0 Å². The van der Waals surface area contributed by atoms with E-state index in [1.807, 2.05) is 6.92 Å². The molecule has 0 radical (unpaired) electrons. The zero-order valence-electron chi connectivity index (χ0n) is 8.56. The molecule has 0 aromatic carbocycles. The lowest BCUT2D eigenvalue weighted by atomic mass is 9.41. The topological polar surface area (TPSA) is 17.1 Å². The molecule has 3 rings (SSSR count). The van der Waals surface area contributed by atoms with Gasteiger partial charge in [-0.3, -0.25) is 4.79 Å². The van der Waals surface area contributed by atoms with Crippen molar-refractivity contribution >= 4 is 16.8 Å². The molecule has 0 heterocycles. The average Bonchev–Trinajstić information content (AvgIpc) is 2.03. The fourth-order valence-corrected chi connectivity index (χ4v) is 3.70. The molecule has 13 heavy (non-hydrogen) atoms. The molecule has 1 nitrogen and oxygen atoms in total. The molecule has 3 fully saturated rings. The molecule has 3 aliphatic carbocycles. The lowest BCUT2D eigenvalue weighted by Crippen LogP contribution is -2.58. The van der Waals surface area contributed by atoms with Crippen LogP contribution in [0.1, 0.15) is 40.0 Å². The van der Waals surface area contributed by atoms with E-state index in [-0.39, 0.29) is 10.7 Å². The molecule has 0 spiro atoms. The van der Waals surface area contributed by atoms with E-state index in [9.17, 15) is 4.79 Å². The summed E-state index contributed by atoms with van der Waals surface area (Å²) in [5.74, 6) is 1.35. The predicted octanol–water partition coefficient (Wildman–Crippen LogP) is 3.21. The first-order chi connectivity index (χ1) is 5.89. The Labute approximate surface area is 84.8 Å². The maximum atomic E-state index is 11.4. The van der Waals surface area contributed by atoms with Crippen LogP contribution in [0, 0.1) is 22.7 Å². The Bertz CT molecular complexity index is 257. The summed E-state index contributed by atoms with van der Waals surface area (Å²) in [7, 11) is 0. The third kappa shape index (κ3) is 1.03. The molecule has 3 aliphatic rings. The van der Waals surface area contributed by atoms with E-state index < -0.39 is 0 Å². The van der Waals surface area contributed by atoms with Crippen LogP contribution in [0.2, 0.25) is 0 Å². The molecule has 0 aromatic rings. The molecule has 0 saturated heterocycles. The van der Waals surface area contributed by atoms with Crippen LogP contribution >= 0.6 is 11.6 Å². The Hall–Kier alpha value is -0.0400. The largest absolute Gasteiger partial charge is 0.281 e. The molecule has 3 atom stereocenters. The summed E-state index contributed by atoms with van der Waals surface area (Å²) in [4.78, 5) is 11.4. The van der Waals surface area contributed by atoms with E-state index in [0.29, 0.717) is 11.3 Å². The lowest BCUT2D eigenvalue weighted by molar-refractivity contribution is -0.163. The van der Waals surface area contributed by atoms with Gasteiger partial charge in [0.25, 0.3) is 0 Å². The van der Waals surface area contributed by atoms with Crippen LogP contribution in [0.25, 0.3) is 0 Å². The Morgan fingerprint density at radius 3 is 2.31 bits per heavy atom. The molecular weight excluding hydrogens is 184 g/mol. The highest BCUT2D eigenvalue weighted by molar-refractivity contribution is 6.64. The second-order valence-corrected chi connectivity index (χ2v) is 5.88. The van der Waals surface area contributed by atoms with E-state index in [4.69, 9.17) is 11.6 Å². The number of fused-ring (bicyclic) bond motifs is 2. The predicted molar refractivity (Wildman–Crippen MR) is 53.6 cm³/mol. The fraction of sp³-hybridized carbons (Fsp3) is 0.909.